The third kappa shape index (κ3) is 3.24. The smallest absolute Gasteiger partial charge is 0.257 e. The minimum Gasteiger partial charge on any atom is -0.398 e. The predicted octanol–water partition coefficient (Wildman–Crippen LogP) is 4.08. The van der Waals surface area contributed by atoms with Crippen LogP contribution in [0.15, 0.2) is 40.9 Å². The van der Waals surface area contributed by atoms with Crippen LogP contribution < -0.4 is 11.1 Å². The topological polar surface area (TPSA) is 55.1 Å². The Morgan fingerprint density at radius 3 is 2.68 bits per heavy atom. The number of nitrogens with one attached hydrogen (secondary N) is 1. The fourth-order valence-corrected chi connectivity index (χ4v) is 2.23. The van der Waals surface area contributed by atoms with Gasteiger partial charge in [-0.3, -0.25) is 4.79 Å². The van der Waals surface area contributed by atoms with Crippen LogP contribution in [-0.4, -0.2) is 5.91 Å². The Morgan fingerprint density at radius 2 is 2.00 bits per heavy atom. The summed E-state index contributed by atoms with van der Waals surface area (Å²) in [4.78, 5) is 12.0. The fourth-order valence-electron chi connectivity index (χ4n) is 1.51. The largest absolute Gasteiger partial charge is 0.398 e. The highest BCUT2D eigenvalue weighted by molar-refractivity contribution is 9.10. The van der Waals surface area contributed by atoms with E-state index >= 15 is 0 Å². The van der Waals surface area contributed by atoms with E-state index < -0.39 is 11.7 Å². The highest BCUT2D eigenvalue weighted by Gasteiger charge is 2.12. The van der Waals surface area contributed by atoms with E-state index in [2.05, 4.69) is 21.2 Å². The molecule has 0 saturated heterocycles. The van der Waals surface area contributed by atoms with E-state index in [1.807, 2.05) is 0 Å². The maximum absolute atomic E-state index is 13.1. The van der Waals surface area contributed by atoms with Gasteiger partial charge in [0.25, 0.3) is 5.91 Å². The third-order valence-corrected chi connectivity index (χ3v) is 3.25. The second kappa shape index (κ2) is 5.59. The molecule has 0 fully saturated rings. The number of amides is 1. The van der Waals surface area contributed by atoms with Gasteiger partial charge in [-0.05, 0) is 36.4 Å². The number of rotatable bonds is 2. The molecule has 3 nitrogen and oxygen atoms in total. The zero-order chi connectivity index (χ0) is 14.0. The van der Waals surface area contributed by atoms with Gasteiger partial charge in [-0.15, -0.1) is 0 Å². The molecule has 0 aromatic heterocycles. The van der Waals surface area contributed by atoms with Crippen molar-refractivity contribution in [3.8, 4) is 0 Å². The predicted molar refractivity (Wildman–Crippen MR) is 77.9 cm³/mol. The molecule has 98 valence electrons. The lowest BCUT2D eigenvalue weighted by Gasteiger charge is -2.09. The summed E-state index contributed by atoms with van der Waals surface area (Å²) in [6.45, 7) is 0. The Labute approximate surface area is 122 Å². The molecule has 0 saturated carbocycles. The van der Waals surface area contributed by atoms with Crippen molar-refractivity contribution in [3.05, 3.63) is 57.3 Å². The maximum atomic E-state index is 13.1. The highest BCUT2D eigenvalue weighted by atomic mass is 79.9. The Kier molecular flexibility index (Phi) is 4.07. The number of carbonyl (C=O) groups is 1. The third-order valence-electron chi connectivity index (χ3n) is 2.44. The van der Waals surface area contributed by atoms with E-state index in [1.165, 1.54) is 12.1 Å². The van der Waals surface area contributed by atoms with Gasteiger partial charge in [-0.25, -0.2) is 4.39 Å². The van der Waals surface area contributed by atoms with Crippen molar-refractivity contribution in [3.63, 3.8) is 0 Å². The Balaban J connectivity index is 2.28. The standard InChI is InChI=1S/C13H9BrClFN2O/c14-7-1-4-12(10(15)5-7)18-13(19)9-6-8(16)2-3-11(9)17/h1-6H,17H2,(H,18,19). The lowest BCUT2D eigenvalue weighted by atomic mass is 10.1. The van der Waals surface area contributed by atoms with Crippen molar-refractivity contribution in [1.29, 1.82) is 0 Å². The first kappa shape index (κ1) is 13.8. The Hall–Kier alpha value is -1.59. The van der Waals surface area contributed by atoms with Crippen LogP contribution in [0.3, 0.4) is 0 Å². The molecule has 2 aromatic carbocycles. The number of nitrogen functional groups attached to an aromatic ring is 1. The molecule has 2 rings (SSSR count). The number of hydrogen-bond acceptors (Lipinski definition) is 2. The van der Waals surface area contributed by atoms with Gasteiger partial charge in [0, 0.05) is 10.2 Å². The van der Waals surface area contributed by atoms with Crippen molar-refractivity contribution in [2.24, 2.45) is 0 Å². The minimum absolute atomic E-state index is 0.0685. The van der Waals surface area contributed by atoms with Gasteiger partial charge >= 0.3 is 0 Å². The molecular weight excluding hydrogens is 335 g/mol. The highest BCUT2D eigenvalue weighted by Crippen LogP contribution is 2.26. The lowest BCUT2D eigenvalue weighted by molar-refractivity contribution is 0.102. The summed E-state index contributed by atoms with van der Waals surface area (Å²) in [7, 11) is 0. The summed E-state index contributed by atoms with van der Waals surface area (Å²) in [5.74, 6) is -1.04. The van der Waals surface area contributed by atoms with Gasteiger partial charge in [0.1, 0.15) is 5.82 Å². The lowest BCUT2D eigenvalue weighted by Crippen LogP contribution is -2.14. The average Bonchev–Trinajstić information content (AvgIpc) is 2.35. The first-order valence-electron chi connectivity index (χ1n) is 5.29. The summed E-state index contributed by atoms with van der Waals surface area (Å²) in [6.07, 6.45) is 0. The summed E-state index contributed by atoms with van der Waals surface area (Å²) in [6, 6.07) is 8.63. The molecule has 0 aliphatic carbocycles. The van der Waals surface area contributed by atoms with Gasteiger partial charge in [-0.1, -0.05) is 27.5 Å². The molecule has 0 unspecified atom stereocenters. The van der Waals surface area contributed by atoms with Crippen LogP contribution in [0.5, 0.6) is 0 Å². The molecular formula is C13H9BrClFN2O. The molecule has 19 heavy (non-hydrogen) atoms. The van der Waals surface area contributed by atoms with E-state index in [9.17, 15) is 9.18 Å². The van der Waals surface area contributed by atoms with Crippen molar-refractivity contribution in [1.82, 2.24) is 0 Å². The molecule has 0 radical (unpaired) electrons. The molecule has 0 aliphatic rings. The first-order valence-corrected chi connectivity index (χ1v) is 6.46. The SMILES string of the molecule is Nc1ccc(F)cc1C(=O)Nc1ccc(Br)cc1Cl. The molecule has 0 spiro atoms. The molecule has 0 atom stereocenters. The van der Waals surface area contributed by atoms with E-state index in [1.54, 1.807) is 18.2 Å². The second-order valence-electron chi connectivity index (χ2n) is 3.81. The van der Waals surface area contributed by atoms with Crippen LogP contribution in [0.25, 0.3) is 0 Å². The quantitative estimate of drug-likeness (QED) is 0.807. The number of benzene rings is 2. The molecule has 2 aromatic rings. The number of anilines is 2. The first-order chi connectivity index (χ1) is 8.97. The van der Waals surface area contributed by atoms with E-state index in [-0.39, 0.29) is 11.3 Å². The molecule has 6 heteroatoms. The number of hydrogen-bond donors (Lipinski definition) is 2. The molecule has 3 N–H and O–H groups in total. The van der Waals surface area contributed by atoms with Crippen molar-refractivity contribution in [2.75, 3.05) is 11.1 Å². The Bertz CT molecular complexity index is 649. The van der Waals surface area contributed by atoms with Gasteiger partial charge in [0.2, 0.25) is 0 Å². The van der Waals surface area contributed by atoms with Gasteiger partial charge in [0.05, 0.1) is 16.3 Å². The average molecular weight is 344 g/mol. The van der Waals surface area contributed by atoms with E-state index in [0.29, 0.717) is 10.7 Å². The van der Waals surface area contributed by atoms with Gasteiger partial charge in [-0.2, -0.15) is 0 Å². The molecule has 1 amide bonds. The van der Waals surface area contributed by atoms with Gasteiger partial charge < -0.3 is 11.1 Å². The fraction of sp³-hybridized carbons (Fsp3) is 0. The van der Waals surface area contributed by atoms with Crippen LogP contribution in [0, 0.1) is 5.82 Å². The van der Waals surface area contributed by atoms with Crippen molar-refractivity contribution in [2.45, 2.75) is 0 Å². The van der Waals surface area contributed by atoms with Crippen LogP contribution in [0.2, 0.25) is 5.02 Å². The minimum atomic E-state index is -0.527. The summed E-state index contributed by atoms with van der Waals surface area (Å²) in [5, 5.41) is 2.96. The summed E-state index contributed by atoms with van der Waals surface area (Å²) in [5.41, 5.74) is 6.34. The number of carbonyl (C=O) groups excluding carboxylic acids is 1. The normalized spacial score (nSPS) is 10.3. The zero-order valence-corrected chi connectivity index (χ0v) is 11.9. The summed E-state index contributed by atoms with van der Waals surface area (Å²) < 4.78 is 13.9. The Morgan fingerprint density at radius 1 is 1.26 bits per heavy atom. The monoisotopic (exact) mass is 342 g/mol. The van der Waals surface area contributed by atoms with Crippen LogP contribution in [0.4, 0.5) is 15.8 Å². The van der Waals surface area contributed by atoms with E-state index in [0.717, 1.165) is 10.5 Å². The molecule has 0 aliphatic heterocycles. The summed E-state index contributed by atoms with van der Waals surface area (Å²) >= 11 is 9.24. The zero-order valence-electron chi connectivity index (χ0n) is 9.58. The van der Waals surface area contributed by atoms with Gasteiger partial charge in [0.15, 0.2) is 0 Å². The van der Waals surface area contributed by atoms with E-state index in [4.69, 9.17) is 17.3 Å². The second-order valence-corrected chi connectivity index (χ2v) is 5.13. The van der Waals surface area contributed by atoms with Crippen LogP contribution in [-0.2, 0) is 0 Å². The van der Waals surface area contributed by atoms with Crippen LogP contribution >= 0.6 is 27.5 Å². The van der Waals surface area contributed by atoms with Crippen molar-refractivity contribution >= 4 is 44.8 Å². The van der Waals surface area contributed by atoms with Crippen molar-refractivity contribution < 1.29 is 9.18 Å². The number of halogens is 3. The maximum Gasteiger partial charge on any atom is 0.257 e. The van der Waals surface area contributed by atoms with Crippen LogP contribution in [0.1, 0.15) is 10.4 Å². The number of nitrogens with two attached hydrogens (primary N) is 1. The molecule has 0 heterocycles. The molecule has 0 bridgehead atoms.